The number of nitrogens with zero attached hydrogens (tertiary/aromatic N) is 2. The van der Waals surface area contributed by atoms with Gasteiger partial charge in [-0.15, -0.1) is 23.1 Å². The average molecular weight is 461 g/mol. The van der Waals surface area contributed by atoms with Crippen LogP contribution in [0.4, 0.5) is 0 Å². The number of esters is 1. The molecule has 0 fully saturated rings. The lowest BCUT2D eigenvalue weighted by molar-refractivity contribution is 0.0606. The van der Waals surface area contributed by atoms with E-state index in [1.165, 1.54) is 31.0 Å². The fourth-order valence-electron chi connectivity index (χ4n) is 2.38. The molecule has 0 aliphatic heterocycles. The fraction of sp³-hybridized carbons (Fsp3) is 0.200. The van der Waals surface area contributed by atoms with Gasteiger partial charge in [-0.05, 0) is 40.4 Å². The first-order chi connectivity index (χ1) is 11.8. The highest BCUT2D eigenvalue weighted by Gasteiger charge is 2.27. The van der Waals surface area contributed by atoms with Crippen LogP contribution in [0.3, 0.4) is 0 Å². The summed E-state index contributed by atoms with van der Waals surface area (Å²) in [4.78, 5) is 16.5. The maximum atomic E-state index is 13.1. The second-order valence-electron chi connectivity index (χ2n) is 5.09. The van der Waals surface area contributed by atoms with Crippen LogP contribution in [0.1, 0.15) is 9.67 Å². The Kier molecular flexibility index (Phi) is 4.97. The van der Waals surface area contributed by atoms with Crippen molar-refractivity contribution in [2.45, 2.75) is 14.0 Å². The molecule has 3 rings (SSSR count). The maximum Gasteiger partial charge on any atom is 0.348 e. The minimum absolute atomic E-state index is 0.104. The highest BCUT2D eigenvalue weighted by Crippen LogP contribution is 2.38. The Hall–Kier alpha value is -1.36. The molecule has 0 unspecified atom stereocenters. The number of sulfone groups is 1. The molecule has 10 heteroatoms. The van der Waals surface area contributed by atoms with Crippen LogP contribution in [0.15, 0.2) is 43.0 Å². The van der Waals surface area contributed by atoms with E-state index in [1.54, 1.807) is 18.6 Å². The number of aromatic nitrogens is 2. The zero-order valence-electron chi connectivity index (χ0n) is 13.4. The Morgan fingerprint density at radius 2 is 2.08 bits per heavy atom. The van der Waals surface area contributed by atoms with E-state index in [-0.39, 0.29) is 14.7 Å². The molecule has 0 N–H and O–H groups in total. The number of imidazole rings is 1. The lowest BCUT2D eigenvalue weighted by Gasteiger charge is -2.06. The van der Waals surface area contributed by atoms with Gasteiger partial charge in [0.25, 0.3) is 0 Å². The predicted molar refractivity (Wildman–Crippen MR) is 101 cm³/mol. The summed E-state index contributed by atoms with van der Waals surface area (Å²) in [6, 6.07) is 4.46. The number of carbonyl (C=O) groups excluding carboxylic acids is 1. The first-order valence-electron chi connectivity index (χ1n) is 6.91. The summed E-state index contributed by atoms with van der Waals surface area (Å²) in [5.41, 5.74) is 1.38. The molecule has 132 valence electrons. The second kappa shape index (κ2) is 6.75. The molecule has 0 atom stereocenters. The van der Waals surface area contributed by atoms with Crippen LogP contribution in [-0.2, 0) is 21.6 Å². The first-order valence-corrected chi connectivity index (χ1v) is 11.2. The molecule has 0 spiro atoms. The van der Waals surface area contributed by atoms with E-state index >= 15 is 0 Å². The third-order valence-corrected chi connectivity index (χ3v) is 8.45. The number of methoxy groups -OCH3 is 1. The summed E-state index contributed by atoms with van der Waals surface area (Å²) in [5.74, 6) is -0.553. The van der Waals surface area contributed by atoms with Crippen molar-refractivity contribution < 1.29 is 17.9 Å². The van der Waals surface area contributed by atoms with Gasteiger partial charge in [0.1, 0.15) is 4.88 Å². The molecule has 0 saturated heterocycles. The number of fused-ring (bicyclic) bond motifs is 1. The molecule has 0 bridgehead atoms. The van der Waals surface area contributed by atoms with Crippen LogP contribution in [0, 0.1) is 0 Å². The molecule has 3 aromatic rings. The van der Waals surface area contributed by atoms with Crippen molar-refractivity contribution in [3.05, 3.63) is 33.9 Å². The molecule has 2 heterocycles. The van der Waals surface area contributed by atoms with Crippen LogP contribution in [0.25, 0.3) is 11.0 Å². The van der Waals surface area contributed by atoms with Gasteiger partial charge in [-0.1, -0.05) is 0 Å². The van der Waals surface area contributed by atoms with Crippen molar-refractivity contribution >= 4 is 65.9 Å². The van der Waals surface area contributed by atoms with E-state index in [9.17, 15) is 13.2 Å². The number of thioether (sulfide) groups is 1. The molecular formula is C15H13BrN2O4S3. The van der Waals surface area contributed by atoms with Gasteiger partial charge in [0.05, 0.1) is 38.5 Å². The number of rotatable bonds is 4. The zero-order valence-corrected chi connectivity index (χ0v) is 17.5. The molecule has 0 aliphatic carbocycles. The normalized spacial score (nSPS) is 11.8. The molecule has 0 amide bonds. The number of halogens is 1. The number of ether oxygens (including phenoxy) is 1. The van der Waals surface area contributed by atoms with Crippen molar-refractivity contribution in [2.75, 3.05) is 13.4 Å². The van der Waals surface area contributed by atoms with Gasteiger partial charge in [-0.3, -0.25) is 0 Å². The standard InChI is InChI=1S/C15H13BrN2O4S3/c1-18-7-17-10-5-8(4-9(16)13(10)18)25(20,21)12-6-11(14(19)22-2)24-15(12)23-3/h4-7H,1-3H3. The highest BCUT2D eigenvalue weighted by atomic mass is 79.9. The maximum absolute atomic E-state index is 13.1. The SMILES string of the molecule is COC(=O)c1cc(S(=O)(=O)c2cc(Br)c3c(c2)ncn3C)c(SC)s1. The largest absolute Gasteiger partial charge is 0.465 e. The van der Waals surface area contributed by atoms with Crippen LogP contribution in [0.5, 0.6) is 0 Å². The van der Waals surface area contributed by atoms with Gasteiger partial charge < -0.3 is 9.30 Å². The highest BCUT2D eigenvalue weighted by molar-refractivity contribution is 9.10. The molecule has 2 aromatic heterocycles. The van der Waals surface area contributed by atoms with Gasteiger partial charge in [-0.25, -0.2) is 18.2 Å². The Balaban J connectivity index is 2.20. The Labute approximate surface area is 161 Å². The summed E-state index contributed by atoms with van der Waals surface area (Å²) in [6.07, 6.45) is 3.39. The number of carbonyl (C=O) groups is 1. The van der Waals surface area contributed by atoms with Crippen LogP contribution >= 0.6 is 39.0 Å². The quantitative estimate of drug-likeness (QED) is 0.435. The van der Waals surface area contributed by atoms with Gasteiger partial charge in [-0.2, -0.15) is 0 Å². The monoisotopic (exact) mass is 460 g/mol. The lowest BCUT2D eigenvalue weighted by atomic mass is 10.3. The van der Waals surface area contributed by atoms with E-state index < -0.39 is 15.8 Å². The smallest absolute Gasteiger partial charge is 0.348 e. The van der Waals surface area contributed by atoms with Crippen LogP contribution in [0.2, 0.25) is 0 Å². The van der Waals surface area contributed by atoms with Crippen molar-refractivity contribution in [2.24, 2.45) is 7.05 Å². The molecule has 25 heavy (non-hydrogen) atoms. The minimum Gasteiger partial charge on any atom is -0.465 e. The number of aryl methyl sites for hydroxylation is 1. The second-order valence-corrected chi connectivity index (χ2v) is 9.99. The van der Waals surface area contributed by atoms with Crippen LogP contribution in [-0.4, -0.2) is 37.3 Å². The molecule has 0 aliphatic rings. The number of thiophene rings is 1. The van der Waals surface area contributed by atoms with E-state index in [4.69, 9.17) is 4.74 Å². The van der Waals surface area contributed by atoms with Crippen molar-refractivity contribution in [1.29, 1.82) is 0 Å². The van der Waals surface area contributed by atoms with Crippen molar-refractivity contribution in [1.82, 2.24) is 9.55 Å². The number of hydrogen-bond acceptors (Lipinski definition) is 7. The zero-order chi connectivity index (χ0) is 18.4. The summed E-state index contributed by atoms with van der Waals surface area (Å²) >= 11 is 5.80. The molecule has 1 aromatic carbocycles. The van der Waals surface area contributed by atoms with E-state index in [0.29, 0.717) is 14.2 Å². The third-order valence-electron chi connectivity index (χ3n) is 3.58. The summed E-state index contributed by atoms with van der Waals surface area (Å²) in [6.45, 7) is 0. The Morgan fingerprint density at radius 3 is 2.72 bits per heavy atom. The third kappa shape index (κ3) is 3.12. The minimum atomic E-state index is -3.80. The van der Waals surface area contributed by atoms with Gasteiger partial charge in [0.2, 0.25) is 9.84 Å². The van der Waals surface area contributed by atoms with Crippen molar-refractivity contribution in [3.63, 3.8) is 0 Å². The summed E-state index contributed by atoms with van der Waals surface area (Å²) in [7, 11) is -0.705. The molecular weight excluding hydrogens is 448 g/mol. The van der Waals surface area contributed by atoms with E-state index in [0.717, 1.165) is 16.9 Å². The predicted octanol–water partition coefficient (Wildman–Crippen LogP) is 3.74. The molecule has 0 radical (unpaired) electrons. The summed E-state index contributed by atoms with van der Waals surface area (Å²) in [5, 5.41) is 0. The van der Waals surface area contributed by atoms with Crippen molar-refractivity contribution in [3.8, 4) is 0 Å². The van der Waals surface area contributed by atoms with E-state index in [2.05, 4.69) is 20.9 Å². The average Bonchev–Trinajstić information content (AvgIpc) is 3.18. The topological polar surface area (TPSA) is 78.3 Å². The molecule has 6 nitrogen and oxygen atoms in total. The van der Waals surface area contributed by atoms with E-state index in [1.807, 2.05) is 11.6 Å². The molecule has 0 saturated carbocycles. The number of hydrogen-bond donors (Lipinski definition) is 0. The Morgan fingerprint density at radius 1 is 1.36 bits per heavy atom. The number of benzene rings is 1. The fourth-order valence-corrected chi connectivity index (χ4v) is 7.23. The summed E-state index contributed by atoms with van der Waals surface area (Å²) < 4.78 is 33.9. The van der Waals surface area contributed by atoms with Gasteiger partial charge in [0.15, 0.2) is 0 Å². The first kappa shape index (κ1) is 18.4. The van der Waals surface area contributed by atoms with Gasteiger partial charge in [0, 0.05) is 11.5 Å². The van der Waals surface area contributed by atoms with Crippen LogP contribution < -0.4 is 0 Å². The lowest BCUT2D eigenvalue weighted by Crippen LogP contribution is -2.03. The van der Waals surface area contributed by atoms with Gasteiger partial charge >= 0.3 is 5.97 Å². The Bertz CT molecular complexity index is 1090.